The molecule has 0 spiro atoms. The molecule has 1 amide bonds. The van der Waals surface area contributed by atoms with Crippen molar-refractivity contribution < 1.29 is 19.4 Å². The van der Waals surface area contributed by atoms with Gasteiger partial charge in [-0.05, 0) is 55.7 Å². The summed E-state index contributed by atoms with van der Waals surface area (Å²) in [4.78, 5) is 29.1. The number of morpholine rings is 1. The zero-order chi connectivity index (χ0) is 26.9. The Morgan fingerprint density at radius 3 is 2.79 bits per heavy atom. The second-order valence-electron chi connectivity index (χ2n) is 11.4. The number of aliphatic hydroxyl groups is 1. The standard InChI is InChI=1S/C29H37N5O4S/c1-17(2)23-15-37-9-8-34(23)21-10-19(11-21)28(36)33-29-32-22-7-6-18(12-26(22)39-29)20-13-30-27(31-14-20)16-38-25-5-3-4-24(25)35/h6-7,12-14,17,19,21,23-25,35H,3-5,8-11,15-16H2,1-2H3,(H,32,33,36)/t19?,21?,23-,24+,25+/m1/s1. The molecule has 208 valence electrons. The lowest BCUT2D eigenvalue weighted by Crippen LogP contribution is -2.58. The number of carbonyl (C=O) groups excluding carboxylic acids is 1. The lowest BCUT2D eigenvalue weighted by Gasteiger charge is -2.48. The van der Waals surface area contributed by atoms with Crippen molar-refractivity contribution in [2.24, 2.45) is 11.8 Å². The highest BCUT2D eigenvalue weighted by atomic mass is 32.1. The zero-order valence-corrected chi connectivity index (χ0v) is 23.4. The van der Waals surface area contributed by atoms with Gasteiger partial charge in [0.25, 0.3) is 0 Å². The summed E-state index contributed by atoms with van der Waals surface area (Å²) in [7, 11) is 0. The fourth-order valence-corrected chi connectivity index (χ4v) is 6.87. The fourth-order valence-electron chi connectivity index (χ4n) is 5.96. The summed E-state index contributed by atoms with van der Waals surface area (Å²) in [5.74, 6) is 1.25. The van der Waals surface area contributed by atoms with Gasteiger partial charge in [-0.2, -0.15) is 0 Å². The zero-order valence-electron chi connectivity index (χ0n) is 22.6. The molecule has 6 rings (SSSR count). The fraction of sp³-hybridized carbons (Fsp3) is 0.586. The maximum Gasteiger partial charge on any atom is 0.229 e. The highest BCUT2D eigenvalue weighted by Gasteiger charge is 2.42. The molecule has 3 aromatic rings. The predicted octanol–water partition coefficient (Wildman–Crippen LogP) is 4.26. The third-order valence-electron chi connectivity index (χ3n) is 8.43. The number of aromatic nitrogens is 3. The first-order chi connectivity index (χ1) is 18.9. The van der Waals surface area contributed by atoms with Crippen LogP contribution in [-0.2, 0) is 20.9 Å². The topological polar surface area (TPSA) is 110 Å². The van der Waals surface area contributed by atoms with Crippen molar-refractivity contribution in [2.75, 3.05) is 25.1 Å². The van der Waals surface area contributed by atoms with Crippen LogP contribution in [0.5, 0.6) is 0 Å². The van der Waals surface area contributed by atoms with Crippen LogP contribution in [0.15, 0.2) is 30.6 Å². The van der Waals surface area contributed by atoms with Crippen LogP contribution >= 0.6 is 11.3 Å². The Labute approximate surface area is 233 Å². The van der Waals surface area contributed by atoms with Crippen LogP contribution in [0.4, 0.5) is 5.13 Å². The summed E-state index contributed by atoms with van der Waals surface area (Å²) >= 11 is 1.49. The molecule has 3 fully saturated rings. The van der Waals surface area contributed by atoms with Crippen LogP contribution in [0, 0.1) is 11.8 Å². The molecule has 0 radical (unpaired) electrons. The van der Waals surface area contributed by atoms with Crippen molar-refractivity contribution in [1.82, 2.24) is 19.9 Å². The molecule has 39 heavy (non-hydrogen) atoms. The number of rotatable bonds is 8. The van der Waals surface area contributed by atoms with E-state index in [4.69, 9.17) is 9.47 Å². The largest absolute Gasteiger partial charge is 0.390 e. The number of carbonyl (C=O) groups is 1. The summed E-state index contributed by atoms with van der Waals surface area (Å²) in [6.45, 7) is 7.31. The summed E-state index contributed by atoms with van der Waals surface area (Å²) in [6.07, 6.45) is 7.55. The van der Waals surface area contributed by atoms with Crippen molar-refractivity contribution >= 4 is 32.6 Å². The average Bonchev–Trinajstić information content (AvgIpc) is 3.51. The third kappa shape index (κ3) is 5.85. The van der Waals surface area contributed by atoms with E-state index in [-0.39, 0.29) is 24.0 Å². The Morgan fingerprint density at radius 1 is 1.23 bits per heavy atom. The molecule has 1 saturated heterocycles. The van der Waals surface area contributed by atoms with Gasteiger partial charge in [0.2, 0.25) is 5.91 Å². The molecule has 2 aromatic heterocycles. The Hall–Kier alpha value is -2.50. The normalized spacial score (nSPS) is 27.6. The third-order valence-corrected chi connectivity index (χ3v) is 9.37. The minimum Gasteiger partial charge on any atom is -0.390 e. The molecule has 0 bridgehead atoms. The molecule has 1 aromatic carbocycles. The number of nitrogens with one attached hydrogen (secondary N) is 1. The van der Waals surface area contributed by atoms with Crippen molar-refractivity contribution in [3.05, 3.63) is 36.4 Å². The van der Waals surface area contributed by atoms with Gasteiger partial charge < -0.3 is 19.9 Å². The number of benzene rings is 1. The van der Waals surface area contributed by atoms with Gasteiger partial charge in [0.05, 0.1) is 35.6 Å². The molecule has 2 N–H and O–H groups in total. The minimum absolute atomic E-state index is 0.0322. The van der Waals surface area contributed by atoms with E-state index < -0.39 is 0 Å². The number of fused-ring (bicyclic) bond motifs is 1. The molecule has 10 heteroatoms. The maximum absolute atomic E-state index is 13.0. The maximum atomic E-state index is 13.0. The summed E-state index contributed by atoms with van der Waals surface area (Å²) in [6, 6.07) is 6.94. The highest BCUT2D eigenvalue weighted by molar-refractivity contribution is 7.22. The first kappa shape index (κ1) is 26.7. The molecule has 1 aliphatic heterocycles. The quantitative estimate of drug-likeness (QED) is 0.428. The molecule has 3 atom stereocenters. The van der Waals surface area contributed by atoms with E-state index in [0.717, 1.165) is 73.2 Å². The number of anilines is 1. The van der Waals surface area contributed by atoms with Gasteiger partial charge in [0.15, 0.2) is 11.0 Å². The number of ether oxygens (including phenoxy) is 2. The number of nitrogens with zero attached hydrogens (tertiary/aromatic N) is 4. The van der Waals surface area contributed by atoms with E-state index in [9.17, 15) is 9.90 Å². The monoisotopic (exact) mass is 551 g/mol. The predicted molar refractivity (Wildman–Crippen MR) is 150 cm³/mol. The van der Waals surface area contributed by atoms with Gasteiger partial charge in [-0.3, -0.25) is 9.69 Å². The molecule has 2 saturated carbocycles. The van der Waals surface area contributed by atoms with Crippen LogP contribution < -0.4 is 5.32 Å². The Kier molecular flexibility index (Phi) is 7.91. The molecule has 3 heterocycles. The highest BCUT2D eigenvalue weighted by Crippen LogP contribution is 2.37. The number of aliphatic hydroxyl groups excluding tert-OH is 1. The summed E-state index contributed by atoms with van der Waals surface area (Å²) in [5, 5.41) is 13.6. The van der Waals surface area contributed by atoms with Crippen molar-refractivity contribution in [3.63, 3.8) is 0 Å². The van der Waals surface area contributed by atoms with E-state index in [1.54, 1.807) is 12.4 Å². The first-order valence-electron chi connectivity index (χ1n) is 14.1. The van der Waals surface area contributed by atoms with E-state index in [1.165, 1.54) is 11.3 Å². The van der Waals surface area contributed by atoms with Gasteiger partial charge in [-0.15, -0.1) is 0 Å². The lowest BCUT2D eigenvalue weighted by molar-refractivity contribution is -0.127. The molecule has 9 nitrogen and oxygen atoms in total. The van der Waals surface area contributed by atoms with Crippen LogP contribution in [0.1, 0.15) is 51.8 Å². The molecule has 3 aliphatic rings. The molecule has 2 aliphatic carbocycles. The Balaban J connectivity index is 1.04. The van der Waals surface area contributed by atoms with E-state index in [0.29, 0.717) is 35.6 Å². The number of hydrogen-bond acceptors (Lipinski definition) is 9. The van der Waals surface area contributed by atoms with Gasteiger partial charge in [-0.25, -0.2) is 15.0 Å². The van der Waals surface area contributed by atoms with Crippen molar-refractivity contribution in [1.29, 1.82) is 0 Å². The molecular weight excluding hydrogens is 514 g/mol. The van der Waals surface area contributed by atoms with E-state index >= 15 is 0 Å². The van der Waals surface area contributed by atoms with Gasteiger partial charge >= 0.3 is 0 Å². The summed E-state index contributed by atoms with van der Waals surface area (Å²) < 4.78 is 12.5. The molecule has 0 unspecified atom stereocenters. The smallest absolute Gasteiger partial charge is 0.229 e. The Morgan fingerprint density at radius 2 is 2.05 bits per heavy atom. The number of amides is 1. The van der Waals surface area contributed by atoms with Gasteiger partial charge in [0, 0.05) is 42.5 Å². The van der Waals surface area contributed by atoms with Crippen molar-refractivity contribution in [3.8, 4) is 11.1 Å². The Bertz CT molecular complexity index is 1290. The second kappa shape index (κ2) is 11.5. The second-order valence-corrected chi connectivity index (χ2v) is 12.4. The van der Waals surface area contributed by atoms with Crippen LogP contribution in [-0.4, -0.2) is 74.9 Å². The number of hydrogen-bond donors (Lipinski definition) is 2. The van der Waals surface area contributed by atoms with Gasteiger partial charge in [-0.1, -0.05) is 31.3 Å². The lowest BCUT2D eigenvalue weighted by atomic mass is 9.77. The number of thiazole rings is 1. The van der Waals surface area contributed by atoms with E-state index in [1.807, 2.05) is 12.1 Å². The first-order valence-corrected chi connectivity index (χ1v) is 14.9. The molecular formula is C29H37N5O4S. The van der Waals surface area contributed by atoms with E-state index in [2.05, 4.69) is 45.1 Å². The van der Waals surface area contributed by atoms with Crippen molar-refractivity contribution in [2.45, 2.75) is 76.9 Å². The summed E-state index contributed by atoms with van der Waals surface area (Å²) in [5.41, 5.74) is 2.76. The van der Waals surface area contributed by atoms with Crippen LogP contribution in [0.3, 0.4) is 0 Å². The average molecular weight is 552 g/mol. The SMILES string of the molecule is CC(C)[C@H]1COCCN1C1CC(C(=O)Nc2nc3ccc(-c4cnc(CO[C@H]5CCC[C@@H]5O)nc4)cc3s2)C1. The van der Waals surface area contributed by atoms with Gasteiger partial charge in [0.1, 0.15) is 6.61 Å². The van der Waals surface area contributed by atoms with Crippen LogP contribution in [0.2, 0.25) is 0 Å². The minimum atomic E-state index is -0.386. The van der Waals surface area contributed by atoms with Crippen LogP contribution in [0.25, 0.3) is 21.3 Å².